The second-order valence-corrected chi connectivity index (χ2v) is 5.81. The molecule has 0 spiro atoms. The van der Waals surface area contributed by atoms with Crippen LogP contribution in [0.3, 0.4) is 0 Å². The van der Waals surface area contributed by atoms with Gasteiger partial charge in [0.25, 0.3) is 0 Å². The molecule has 0 unspecified atom stereocenters. The van der Waals surface area contributed by atoms with Crippen LogP contribution >= 0.6 is 0 Å². The highest BCUT2D eigenvalue weighted by Gasteiger charge is 2.52. The molecule has 2 rings (SSSR count). The predicted octanol–water partition coefficient (Wildman–Crippen LogP) is 1.16. The van der Waals surface area contributed by atoms with Crippen molar-refractivity contribution in [3.8, 4) is 5.75 Å². The second-order valence-electron chi connectivity index (χ2n) is 5.81. The fourth-order valence-electron chi connectivity index (χ4n) is 1.95. The van der Waals surface area contributed by atoms with Crippen molar-refractivity contribution >= 4 is 24.0 Å². The van der Waals surface area contributed by atoms with Crippen molar-refractivity contribution in [1.82, 2.24) is 0 Å². The monoisotopic (exact) mass is 264 g/mol. The SMILES string of the molecule is COc1cc(N)c(N)c(B2OC(C)(C)C(C)(C)O2)c1. The third-order valence-corrected chi connectivity index (χ3v) is 3.96. The van der Waals surface area contributed by atoms with Gasteiger partial charge in [-0.05, 0) is 33.8 Å². The molecular formula is C13H21BN2O3. The van der Waals surface area contributed by atoms with Gasteiger partial charge in [0, 0.05) is 11.5 Å². The number of methoxy groups -OCH3 is 1. The molecule has 0 saturated carbocycles. The van der Waals surface area contributed by atoms with E-state index in [1.54, 1.807) is 19.2 Å². The van der Waals surface area contributed by atoms with Gasteiger partial charge in [0.15, 0.2) is 0 Å². The maximum atomic E-state index is 6.02. The third-order valence-electron chi connectivity index (χ3n) is 3.96. The number of anilines is 2. The Bertz CT molecular complexity index is 487. The summed E-state index contributed by atoms with van der Waals surface area (Å²) in [5.74, 6) is 0.636. The van der Waals surface area contributed by atoms with Crippen LogP contribution in [0.1, 0.15) is 27.7 Å². The van der Waals surface area contributed by atoms with E-state index in [9.17, 15) is 0 Å². The van der Waals surface area contributed by atoms with Gasteiger partial charge < -0.3 is 25.5 Å². The van der Waals surface area contributed by atoms with E-state index in [1.807, 2.05) is 27.7 Å². The number of hydrogen-bond donors (Lipinski definition) is 2. The van der Waals surface area contributed by atoms with Crippen LogP contribution in [0.5, 0.6) is 5.75 Å². The molecule has 1 aliphatic rings. The molecule has 6 heteroatoms. The minimum absolute atomic E-state index is 0.415. The summed E-state index contributed by atoms with van der Waals surface area (Å²) in [5, 5.41) is 0. The van der Waals surface area contributed by atoms with Crippen molar-refractivity contribution in [3.63, 3.8) is 0 Å². The van der Waals surface area contributed by atoms with Gasteiger partial charge in [0.2, 0.25) is 0 Å². The predicted molar refractivity (Wildman–Crippen MR) is 77.5 cm³/mol. The van der Waals surface area contributed by atoms with Crippen molar-refractivity contribution in [1.29, 1.82) is 0 Å². The highest BCUT2D eigenvalue weighted by Crippen LogP contribution is 2.37. The number of nitrogen functional groups attached to an aromatic ring is 2. The summed E-state index contributed by atoms with van der Waals surface area (Å²) < 4.78 is 17.2. The molecule has 0 aromatic heterocycles. The van der Waals surface area contributed by atoms with E-state index >= 15 is 0 Å². The van der Waals surface area contributed by atoms with E-state index < -0.39 is 18.3 Å². The van der Waals surface area contributed by atoms with E-state index in [0.717, 1.165) is 0 Å². The van der Waals surface area contributed by atoms with Gasteiger partial charge in [-0.15, -0.1) is 0 Å². The van der Waals surface area contributed by atoms with Crippen LogP contribution in [0, 0.1) is 0 Å². The van der Waals surface area contributed by atoms with E-state index in [1.165, 1.54) is 0 Å². The Hall–Kier alpha value is -1.40. The molecule has 0 radical (unpaired) electrons. The van der Waals surface area contributed by atoms with Gasteiger partial charge in [-0.25, -0.2) is 0 Å². The van der Waals surface area contributed by atoms with Gasteiger partial charge >= 0.3 is 7.12 Å². The minimum atomic E-state index is -0.539. The maximum absolute atomic E-state index is 6.02. The molecule has 0 amide bonds. The van der Waals surface area contributed by atoms with Crippen molar-refractivity contribution < 1.29 is 14.0 Å². The molecule has 104 valence electrons. The van der Waals surface area contributed by atoms with Crippen LogP contribution in [0.4, 0.5) is 11.4 Å². The topological polar surface area (TPSA) is 79.7 Å². The van der Waals surface area contributed by atoms with Crippen LogP contribution in [0.2, 0.25) is 0 Å². The summed E-state index contributed by atoms with van der Waals surface area (Å²) in [4.78, 5) is 0. The standard InChI is InChI=1S/C13H21BN2O3/c1-12(2)13(3,4)19-14(18-12)9-6-8(17-5)7-10(15)11(9)16/h6-7H,15-16H2,1-5H3. The number of rotatable bonds is 2. The smallest absolute Gasteiger partial charge is 0.497 e. The quantitative estimate of drug-likeness (QED) is 0.619. The Morgan fingerprint density at radius 2 is 1.58 bits per heavy atom. The second kappa shape index (κ2) is 4.32. The normalized spacial score (nSPS) is 20.6. The van der Waals surface area contributed by atoms with Crippen molar-refractivity contribution in [2.24, 2.45) is 0 Å². The lowest BCUT2D eigenvalue weighted by atomic mass is 9.77. The lowest BCUT2D eigenvalue weighted by Gasteiger charge is -2.32. The molecule has 5 nitrogen and oxygen atoms in total. The zero-order valence-electron chi connectivity index (χ0n) is 12.1. The number of ether oxygens (including phenoxy) is 1. The first kappa shape index (κ1) is 14.0. The Morgan fingerprint density at radius 3 is 2.05 bits per heavy atom. The number of hydrogen-bond acceptors (Lipinski definition) is 5. The van der Waals surface area contributed by atoms with Gasteiger partial charge in [0.1, 0.15) is 5.75 Å². The van der Waals surface area contributed by atoms with E-state index in [4.69, 9.17) is 25.5 Å². The third kappa shape index (κ3) is 2.26. The molecule has 1 aliphatic heterocycles. The zero-order chi connectivity index (χ0) is 14.4. The zero-order valence-corrected chi connectivity index (χ0v) is 12.1. The molecule has 1 fully saturated rings. The van der Waals surface area contributed by atoms with Gasteiger partial charge in [-0.1, -0.05) is 0 Å². The Kier molecular flexibility index (Phi) is 3.19. The summed E-state index contributed by atoms with van der Waals surface area (Å²) in [6.07, 6.45) is 0. The van der Waals surface area contributed by atoms with E-state index in [0.29, 0.717) is 22.6 Å². The average molecular weight is 264 g/mol. The first-order valence-electron chi connectivity index (χ1n) is 6.26. The highest BCUT2D eigenvalue weighted by atomic mass is 16.7. The molecule has 1 aromatic rings. The molecule has 0 bridgehead atoms. The highest BCUT2D eigenvalue weighted by molar-refractivity contribution is 6.64. The molecule has 1 aromatic carbocycles. The number of benzene rings is 1. The van der Waals surface area contributed by atoms with Crippen LogP contribution in [0.15, 0.2) is 12.1 Å². The number of nitrogens with two attached hydrogens (primary N) is 2. The lowest BCUT2D eigenvalue weighted by molar-refractivity contribution is 0.00578. The summed E-state index contributed by atoms with van der Waals surface area (Å²) >= 11 is 0. The van der Waals surface area contributed by atoms with Crippen molar-refractivity contribution in [2.75, 3.05) is 18.6 Å². The molecule has 0 atom stereocenters. The molecular weight excluding hydrogens is 243 g/mol. The molecule has 1 saturated heterocycles. The largest absolute Gasteiger partial charge is 0.497 e. The Morgan fingerprint density at radius 1 is 1.05 bits per heavy atom. The first-order chi connectivity index (χ1) is 8.68. The van der Waals surface area contributed by atoms with E-state index in [2.05, 4.69) is 0 Å². The van der Waals surface area contributed by atoms with Gasteiger partial charge in [-0.3, -0.25) is 0 Å². The molecule has 19 heavy (non-hydrogen) atoms. The van der Waals surface area contributed by atoms with Crippen molar-refractivity contribution in [2.45, 2.75) is 38.9 Å². The van der Waals surface area contributed by atoms with Crippen LogP contribution < -0.4 is 21.7 Å². The lowest BCUT2D eigenvalue weighted by Crippen LogP contribution is -2.41. The molecule has 0 aliphatic carbocycles. The van der Waals surface area contributed by atoms with Gasteiger partial charge in [0.05, 0.1) is 29.7 Å². The minimum Gasteiger partial charge on any atom is -0.497 e. The summed E-state index contributed by atoms with van der Waals surface area (Å²) in [7, 11) is 1.04. The first-order valence-corrected chi connectivity index (χ1v) is 6.26. The summed E-state index contributed by atoms with van der Waals surface area (Å²) in [5.41, 5.74) is 12.7. The summed E-state index contributed by atoms with van der Waals surface area (Å²) in [6.45, 7) is 7.97. The fraction of sp³-hybridized carbons (Fsp3) is 0.538. The van der Waals surface area contributed by atoms with Crippen LogP contribution in [-0.2, 0) is 9.31 Å². The summed E-state index contributed by atoms with van der Waals surface area (Å²) in [6, 6.07) is 3.48. The average Bonchev–Trinajstić information content (AvgIpc) is 2.51. The van der Waals surface area contributed by atoms with E-state index in [-0.39, 0.29) is 0 Å². The molecule has 1 heterocycles. The van der Waals surface area contributed by atoms with Crippen LogP contribution in [-0.4, -0.2) is 25.4 Å². The fourth-order valence-corrected chi connectivity index (χ4v) is 1.95. The maximum Gasteiger partial charge on any atom is 0.497 e. The Balaban J connectivity index is 2.42. The van der Waals surface area contributed by atoms with Crippen LogP contribution in [0.25, 0.3) is 0 Å². The Labute approximate surface area is 114 Å². The molecule has 4 N–H and O–H groups in total. The van der Waals surface area contributed by atoms with Crippen molar-refractivity contribution in [3.05, 3.63) is 12.1 Å². The van der Waals surface area contributed by atoms with Gasteiger partial charge in [-0.2, -0.15) is 0 Å².